The van der Waals surface area contributed by atoms with Gasteiger partial charge in [0.05, 0.1) is 21.7 Å². The molecule has 6 unspecified atom stereocenters. The molecule has 0 radical (unpaired) electrons. The van der Waals surface area contributed by atoms with Crippen molar-refractivity contribution in [3.05, 3.63) is 12.3 Å². The Kier molecular flexibility index (Phi) is 12.3. The van der Waals surface area contributed by atoms with Crippen molar-refractivity contribution in [2.24, 2.45) is 27.6 Å². The van der Waals surface area contributed by atoms with Gasteiger partial charge in [0.25, 0.3) is 0 Å². The van der Waals surface area contributed by atoms with Crippen LogP contribution >= 0.6 is 0 Å². The summed E-state index contributed by atoms with van der Waals surface area (Å²) < 4.78 is 30.6. The van der Waals surface area contributed by atoms with Gasteiger partial charge in [-0.05, 0) is 101 Å². The molecule has 2 aliphatic heterocycles. The van der Waals surface area contributed by atoms with Crippen LogP contribution in [0.3, 0.4) is 0 Å². The Bertz CT molecular complexity index is 1160. The highest BCUT2D eigenvalue weighted by molar-refractivity contribution is 5.90. The first-order valence-corrected chi connectivity index (χ1v) is 16.2. The van der Waals surface area contributed by atoms with Crippen LogP contribution in [0.5, 0.6) is 0 Å². The molecule has 0 aromatic rings. The van der Waals surface area contributed by atoms with Crippen LogP contribution in [0, 0.1) is 27.6 Å². The molecule has 2 rings (SSSR count). The van der Waals surface area contributed by atoms with Gasteiger partial charge in [0, 0.05) is 18.7 Å². The Balaban J connectivity index is 2.82. The minimum absolute atomic E-state index is 0.0655. The third kappa shape index (κ3) is 10.5. The zero-order valence-corrected chi connectivity index (χ0v) is 30.3. The number of esters is 4. The average molecular weight is 652 g/mol. The van der Waals surface area contributed by atoms with E-state index in [0.29, 0.717) is 6.42 Å². The van der Waals surface area contributed by atoms with E-state index in [4.69, 9.17) is 23.7 Å². The third-order valence-electron chi connectivity index (χ3n) is 7.50. The van der Waals surface area contributed by atoms with E-state index in [2.05, 4.69) is 0 Å². The van der Waals surface area contributed by atoms with Gasteiger partial charge in [-0.1, -0.05) is 13.8 Å². The molecule has 0 spiro atoms. The Labute approximate surface area is 275 Å². The molecule has 11 heteroatoms. The van der Waals surface area contributed by atoms with Gasteiger partial charge in [-0.3, -0.25) is 24.0 Å². The standard InChI is InChI=1S/C35H57NO10/c1-20(2)17-21-18-22(37)15-16-36(21)27-26(46-31(41)35(12,13)14)25(45-30(40)34(9,10)11)24(44-29(39)33(6,7)8)23(43-27)19-42-28(38)32(3,4)5/h15-16,20-21,23-27H,17-19H2,1-14H3. The first-order valence-electron chi connectivity index (χ1n) is 16.2. The van der Waals surface area contributed by atoms with Gasteiger partial charge in [-0.25, -0.2) is 0 Å². The molecule has 2 heterocycles. The Morgan fingerprint density at radius 2 is 1.17 bits per heavy atom. The fourth-order valence-electron chi connectivity index (χ4n) is 4.68. The Hall–Kier alpha value is -2.95. The monoisotopic (exact) mass is 651 g/mol. The van der Waals surface area contributed by atoms with Crippen molar-refractivity contribution in [1.82, 2.24) is 4.90 Å². The van der Waals surface area contributed by atoms with Crippen LogP contribution in [0.4, 0.5) is 0 Å². The second-order valence-electron chi connectivity index (χ2n) is 17.0. The second-order valence-corrected chi connectivity index (χ2v) is 17.0. The maximum absolute atomic E-state index is 13.5. The fourth-order valence-corrected chi connectivity index (χ4v) is 4.68. The predicted octanol–water partition coefficient (Wildman–Crippen LogP) is 5.38. The van der Waals surface area contributed by atoms with E-state index in [-0.39, 0.29) is 30.8 Å². The quantitative estimate of drug-likeness (QED) is 0.247. The summed E-state index contributed by atoms with van der Waals surface area (Å²) in [6.07, 6.45) is -2.37. The molecular weight excluding hydrogens is 594 g/mol. The van der Waals surface area contributed by atoms with Crippen molar-refractivity contribution in [2.75, 3.05) is 6.61 Å². The van der Waals surface area contributed by atoms with Crippen LogP contribution in [0.25, 0.3) is 0 Å². The molecule has 0 aliphatic carbocycles. The molecule has 0 N–H and O–H groups in total. The van der Waals surface area contributed by atoms with Crippen molar-refractivity contribution >= 4 is 29.7 Å². The van der Waals surface area contributed by atoms with E-state index in [1.807, 2.05) is 13.8 Å². The number of carbonyl (C=O) groups excluding carboxylic acids is 5. The van der Waals surface area contributed by atoms with Crippen LogP contribution in [0.1, 0.15) is 110 Å². The number of allylic oxidation sites excluding steroid dienone is 1. The van der Waals surface area contributed by atoms with Gasteiger partial charge in [0.15, 0.2) is 30.3 Å². The van der Waals surface area contributed by atoms with Crippen molar-refractivity contribution < 1.29 is 47.7 Å². The lowest BCUT2D eigenvalue weighted by atomic mass is 9.90. The minimum Gasteiger partial charge on any atom is -0.462 e. The lowest BCUT2D eigenvalue weighted by molar-refractivity contribution is -0.283. The highest BCUT2D eigenvalue weighted by Crippen LogP contribution is 2.37. The van der Waals surface area contributed by atoms with E-state index < -0.39 is 76.2 Å². The second kappa shape index (κ2) is 14.4. The maximum atomic E-state index is 13.5. The lowest BCUT2D eigenvalue weighted by Gasteiger charge is -2.51. The summed E-state index contributed by atoms with van der Waals surface area (Å²) in [5.41, 5.74) is -3.73. The first kappa shape index (κ1) is 39.2. The van der Waals surface area contributed by atoms with E-state index in [0.717, 1.165) is 0 Å². The molecule has 0 amide bonds. The molecule has 262 valence electrons. The smallest absolute Gasteiger partial charge is 0.311 e. The van der Waals surface area contributed by atoms with Crippen LogP contribution in [0.2, 0.25) is 0 Å². The molecule has 6 atom stereocenters. The molecule has 0 aromatic heterocycles. The Morgan fingerprint density at radius 3 is 1.61 bits per heavy atom. The maximum Gasteiger partial charge on any atom is 0.311 e. The summed E-state index contributed by atoms with van der Waals surface area (Å²) in [5.74, 6) is -2.22. The van der Waals surface area contributed by atoms with E-state index in [9.17, 15) is 24.0 Å². The highest BCUT2D eigenvalue weighted by Gasteiger charge is 2.56. The van der Waals surface area contributed by atoms with Gasteiger partial charge in [-0.15, -0.1) is 0 Å². The largest absolute Gasteiger partial charge is 0.462 e. The van der Waals surface area contributed by atoms with E-state index >= 15 is 0 Å². The third-order valence-corrected chi connectivity index (χ3v) is 7.50. The predicted molar refractivity (Wildman–Crippen MR) is 171 cm³/mol. The summed E-state index contributed by atoms with van der Waals surface area (Å²) in [7, 11) is 0. The number of nitrogens with zero attached hydrogens (tertiary/aromatic N) is 1. The van der Waals surface area contributed by atoms with Crippen LogP contribution in [0.15, 0.2) is 12.3 Å². The summed E-state index contributed by atoms with van der Waals surface area (Å²) in [6.45, 7) is 24.0. The zero-order valence-electron chi connectivity index (χ0n) is 30.3. The number of hydrogen-bond acceptors (Lipinski definition) is 11. The van der Waals surface area contributed by atoms with Gasteiger partial charge in [0.1, 0.15) is 12.7 Å². The van der Waals surface area contributed by atoms with E-state index in [1.54, 1.807) is 94.2 Å². The summed E-state index contributed by atoms with van der Waals surface area (Å²) in [5, 5.41) is 0. The highest BCUT2D eigenvalue weighted by atomic mass is 16.7. The van der Waals surface area contributed by atoms with Crippen molar-refractivity contribution in [3.63, 3.8) is 0 Å². The van der Waals surface area contributed by atoms with Crippen molar-refractivity contribution in [3.8, 4) is 0 Å². The average Bonchev–Trinajstić information content (AvgIpc) is 2.87. The normalized spacial score (nSPS) is 26.1. The number of ketones is 1. The fraction of sp³-hybridized carbons (Fsp3) is 0.800. The Morgan fingerprint density at radius 1 is 0.739 bits per heavy atom. The molecular formula is C35H57NO10. The van der Waals surface area contributed by atoms with E-state index in [1.165, 1.54) is 6.08 Å². The van der Waals surface area contributed by atoms with Gasteiger partial charge in [0.2, 0.25) is 0 Å². The van der Waals surface area contributed by atoms with Crippen LogP contribution < -0.4 is 0 Å². The van der Waals surface area contributed by atoms with Gasteiger partial charge >= 0.3 is 23.9 Å². The van der Waals surface area contributed by atoms with Gasteiger partial charge < -0.3 is 28.6 Å². The lowest BCUT2D eigenvalue weighted by Crippen LogP contribution is -2.67. The van der Waals surface area contributed by atoms with Crippen LogP contribution in [-0.2, 0) is 47.7 Å². The summed E-state index contributed by atoms with van der Waals surface area (Å²) in [4.78, 5) is 67.7. The topological polar surface area (TPSA) is 135 Å². The zero-order chi connectivity index (χ0) is 35.6. The molecule has 0 aromatic carbocycles. The molecule has 46 heavy (non-hydrogen) atoms. The van der Waals surface area contributed by atoms with Crippen molar-refractivity contribution in [1.29, 1.82) is 0 Å². The number of carbonyl (C=O) groups is 5. The van der Waals surface area contributed by atoms with Crippen LogP contribution in [-0.4, -0.2) is 77.9 Å². The molecule has 2 aliphatic rings. The number of ether oxygens (including phenoxy) is 5. The molecule has 11 nitrogen and oxygen atoms in total. The summed E-state index contributed by atoms with van der Waals surface area (Å²) in [6, 6.07) is -0.344. The molecule has 1 saturated heterocycles. The first-order chi connectivity index (χ1) is 20.7. The van der Waals surface area contributed by atoms with Crippen molar-refractivity contribution in [2.45, 2.75) is 146 Å². The number of rotatable bonds is 8. The SMILES string of the molecule is CC(C)CC1CC(=O)C=CN1C1OC(COC(=O)C(C)(C)C)C(OC(=O)C(C)(C)C)C(OC(=O)C(C)(C)C)C1OC(=O)C(C)(C)C. The molecule has 0 saturated carbocycles. The number of hydrogen-bond donors (Lipinski definition) is 0. The molecule has 0 bridgehead atoms. The summed E-state index contributed by atoms with van der Waals surface area (Å²) >= 11 is 0. The van der Waals surface area contributed by atoms with Gasteiger partial charge in [-0.2, -0.15) is 0 Å². The minimum atomic E-state index is -1.35. The molecule has 1 fully saturated rings.